The van der Waals surface area contributed by atoms with E-state index in [1.54, 1.807) is 12.4 Å². The molecule has 10 heteroatoms. The minimum absolute atomic E-state index is 0.140. The minimum Gasteiger partial charge on any atom is -0.481 e. The highest BCUT2D eigenvalue weighted by Gasteiger charge is 2.50. The molecule has 6 aromatic rings. The summed E-state index contributed by atoms with van der Waals surface area (Å²) in [6.07, 6.45) is 4.29. The van der Waals surface area contributed by atoms with Crippen LogP contribution >= 0.6 is 0 Å². The number of carbonyl (C=O) groups is 2. The first kappa shape index (κ1) is 46.2. The molecule has 1 saturated carbocycles. The van der Waals surface area contributed by atoms with Crippen LogP contribution in [0.15, 0.2) is 143 Å². The van der Waals surface area contributed by atoms with Gasteiger partial charge in [-0.25, -0.2) is 0 Å². The standard InChI is InChI=1S/C60H46N2O8/c1-65-57(63)59-33-35-60(36-34-59,58(64)66-2)42-62-56-53-15-12-16-54(56)46-23-31-50(32-24-46)70-40-10-6-4-8-38-68-48-27-19-44(20-28-48)52-14-11-13-51(55(52)61-41-59)43-17-25-47(26-18-43)67-37-7-3-5-9-39-69-49-29-21-45(53)22-30-49/h11-32,41-42H,33-40H2,1-2H3. The number of benzene rings is 6. The number of methoxy groups -OCH3 is 2. The van der Waals surface area contributed by atoms with Crippen molar-refractivity contribution >= 4 is 35.7 Å². The molecule has 10 heterocycles. The maximum atomic E-state index is 14.1. The third-order valence-corrected chi connectivity index (χ3v) is 12.6. The van der Waals surface area contributed by atoms with Gasteiger partial charge in [-0.1, -0.05) is 84.9 Å². The molecule has 0 radical (unpaired) electrons. The Morgan fingerprint density at radius 2 is 0.671 bits per heavy atom. The topological polar surface area (TPSA) is 114 Å². The Kier molecular flexibility index (Phi) is 14.1. The SMILES string of the molecule is COC(=O)C12C=Nc3c4cccc3-c3ccc(cc3)OCC#CC#CCOc3ccc(cc3)-c3cccc(c3N=CC(C(=O)OC)(CC1)CC2)-c1ccc(cc1)OCC#CC#CCOc1ccc-4cc1. The molecule has 0 N–H and O–H groups in total. The van der Waals surface area contributed by atoms with Crippen molar-refractivity contribution < 1.29 is 38.0 Å². The van der Waals surface area contributed by atoms with E-state index in [0.717, 1.165) is 44.5 Å². The van der Waals surface area contributed by atoms with Gasteiger partial charge in [-0.2, -0.15) is 0 Å². The Hall–Kier alpha value is -8.96. The monoisotopic (exact) mass is 922 g/mol. The molecule has 17 rings (SSSR count). The second-order valence-corrected chi connectivity index (χ2v) is 16.7. The number of carbonyl (C=O) groups excluding carboxylic acids is 2. The van der Waals surface area contributed by atoms with Crippen LogP contribution in [-0.2, 0) is 19.1 Å². The average molecular weight is 923 g/mol. The van der Waals surface area contributed by atoms with Crippen molar-refractivity contribution in [2.45, 2.75) is 25.7 Å². The van der Waals surface area contributed by atoms with Gasteiger partial charge in [0.1, 0.15) is 60.3 Å². The van der Waals surface area contributed by atoms with Gasteiger partial charge in [0.15, 0.2) is 0 Å². The van der Waals surface area contributed by atoms with E-state index in [1.165, 1.54) is 14.2 Å². The number of ether oxygens (including phenoxy) is 6. The fourth-order valence-electron chi connectivity index (χ4n) is 8.72. The lowest BCUT2D eigenvalue weighted by Crippen LogP contribution is -2.45. The average Bonchev–Trinajstić information content (AvgIpc) is 3.41. The van der Waals surface area contributed by atoms with Crippen molar-refractivity contribution in [1.82, 2.24) is 0 Å². The number of hydrogen-bond acceptors (Lipinski definition) is 10. The summed E-state index contributed by atoms with van der Waals surface area (Å²) in [5.74, 6) is 24.8. The molecular formula is C60H46N2O8. The molecule has 1 aliphatic carbocycles. The second-order valence-electron chi connectivity index (χ2n) is 16.7. The van der Waals surface area contributed by atoms with Crippen LogP contribution in [0.1, 0.15) is 25.7 Å². The summed E-state index contributed by atoms with van der Waals surface area (Å²) in [5, 5.41) is 0. The van der Waals surface area contributed by atoms with Crippen LogP contribution in [0.25, 0.3) is 44.5 Å². The van der Waals surface area contributed by atoms with E-state index in [9.17, 15) is 9.59 Å². The maximum absolute atomic E-state index is 14.1. The fraction of sp³-hybridized carbons (Fsp3) is 0.200. The molecule has 0 amide bonds. The zero-order valence-electron chi connectivity index (χ0n) is 38.7. The van der Waals surface area contributed by atoms with E-state index in [1.807, 2.05) is 133 Å². The first-order valence-corrected chi connectivity index (χ1v) is 22.7. The summed E-state index contributed by atoms with van der Waals surface area (Å²) in [7, 11) is 2.75. The highest BCUT2D eigenvalue weighted by atomic mass is 16.5. The Balaban J connectivity index is 1.22. The van der Waals surface area contributed by atoms with Crippen LogP contribution in [0.5, 0.6) is 23.0 Å². The quantitative estimate of drug-likeness (QED) is 0.125. The molecule has 10 aliphatic heterocycles. The van der Waals surface area contributed by atoms with Crippen LogP contribution in [0.4, 0.5) is 11.4 Å². The number of para-hydroxylation sites is 2. The van der Waals surface area contributed by atoms with E-state index in [0.29, 0.717) is 34.4 Å². The van der Waals surface area contributed by atoms with Crippen LogP contribution < -0.4 is 18.9 Å². The molecule has 12 bridgehead atoms. The van der Waals surface area contributed by atoms with Crippen molar-refractivity contribution in [3.8, 4) is 115 Å². The number of esters is 2. The molecule has 1 fully saturated rings. The third-order valence-electron chi connectivity index (χ3n) is 12.6. The van der Waals surface area contributed by atoms with Gasteiger partial charge >= 0.3 is 11.9 Å². The highest BCUT2D eigenvalue weighted by Crippen LogP contribution is 2.48. The van der Waals surface area contributed by atoms with Crippen LogP contribution in [-0.4, -0.2) is 65.0 Å². The van der Waals surface area contributed by atoms with Gasteiger partial charge in [-0.05, 0) is 144 Å². The minimum atomic E-state index is -1.20. The number of rotatable bonds is 2. The lowest BCUT2D eigenvalue weighted by atomic mass is 9.64. The number of aliphatic imine (C=N–C) groups is 2. The van der Waals surface area contributed by atoms with E-state index >= 15 is 0 Å². The summed E-state index contributed by atoms with van der Waals surface area (Å²) in [6.45, 7) is 0.562. The molecule has 70 heavy (non-hydrogen) atoms. The summed E-state index contributed by atoms with van der Waals surface area (Å²) < 4.78 is 34.8. The van der Waals surface area contributed by atoms with Gasteiger partial charge in [-0.15, -0.1) is 0 Å². The highest BCUT2D eigenvalue weighted by molar-refractivity contribution is 6.02. The largest absolute Gasteiger partial charge is 0.481 e. The molecule has 0 spiro atoms. The van der Waals surface area contributed by atoms with Crippen molar-refractivity contribution in [3.63, 3.8) is 0 Å². The number of nitrogens with zero attached hydrogens (tertiary/aromatic N) is 2. The summed E-state index contributed by atoms with van der Waals surface area (Å²) >= 11 is 0. The van der Waals surface area contributed by atoms with Crippen molar-refractivity contribution in [1.29, 1.82) is 0 Å². The molecular weight excluding hydrogens is 877 g/mol. The summed E-state index contributed by atoms with van der Waals surface area (Å²) in [6, 6.07) is 42.6. The lowest BCUT2D eigenvalue weighted by Gasteiger charge is -2.39. The molecule has 0 saturated heterocycles. The Bertz CT molecular complexity index is 2840. The zero-order valence-corrected chi connectivity index (χ0v) is 38.7. The van der Waals surface area contributed by atoms with E-state index in [4.69, 9.17) is 38.4 Å². The van der Waals surface area contributed by atoms with Crippen LogP contribution in [0, 0.1) is 58.2 Å². The Labute approximate surface area is 407 Å². The van der Waals surface area contributed by atoms with Crippen molar-refractivity contribution in [2.75, 3.05) is 40.6 Å². The first-order valence-electron chi connectivity index (χ1n) is 22.7. The Morgan fingerprint density at radius 1 is 0.414 bits per heavy atom. The predicted octanol–water partition coefficient (Wildman–Crippen LogP) is 10.9. The van der Waals surface area contributed by atoms with Gasteiger partial charge < -0.3 is 28.4 Å². The second kappa shape index (κ2) is 21.3. The normalized spacial score (nSPS) is 18.0. The molecule has 0 aromatic heterocycles. The summed E-state index contributed by atoms with van der Waals surface area (Å²) in [5.41, 5.74) is 5.61. The molecule has 6 aromatic carbocycles. The fourth-order valence-corrected chi connectivity index (χ4v) is 8.72. The molecule has 344 valence electrons. The smallest absolute Gasteiger partial charge is 0.317 e. The van der Waals surface area contributed by atoms with E-state index in [2.05, 4.69) is 47.4 Å². The van der Waals surface area contributed by atoms with E-state index in [-0.39, 0.29) is 52.1 Å². The van der Waals surface area contributed by atoms with Gasteiger partial charge in [-0.3, -0.25) is 19.6 Å². The molecule has 11 aliphatic rings. The predicted molar refractivity (Wildman–Crippen MR) is 271 cm³/mol. The maximum Gasteiger partial charge on any atom is 0.317 e. The zero-order chi connectivity index (χ0) is 48.2. The van der Waals surface area contributed by atoms with Crippen LogP contribution in [0.3, 0.4) is 0 Å². The van der Waals surface area contributed by atoms with Gasteiger partial charge in [0, 0.05) is 34.7 Å². The molecule has 0 atom stereocenters. The summed E-state index contributed by atoms with van der Waals surface area (Å²) in [4.78, 5) is 38.7. The van der Waals surface area contributed by atoms with Crippen molar-refractivity contribution in [3.05, 3.63) is 133 Å². The lowest BCUT2D eigenvalue weighted by molar-refractivity contribution is -0.156. The van der Waals surface area contributed by atoms with E-state index < -0.39 is 22.8 Å². The van der Waals surface area contributed by atoms with Gasteiger partial charge in [0.05, 0.1) is 25.6 Å². The third kappa shape index (κ3) is 10.3. The van der Waals surface area contributed by atoms with Crippen LogP contribution in [0.2, 0.25) is 0 Å². The number of hydrogen-bond donors (Lipinski definition) is 0. The molecule has 10 nitrogen and oxygen atoms in total. The van der Waals surface area contributed by atoms with Crippen molar-refractivity contribution in [2.24, 2.45) is 20.8 Å². The molecule has 0 unspecified atom stereocenters. The Morgan fingerprint density at radius 3 is 0.914 bits per heavy atom. The van der Waals surface area contributed by atoms with Gasteiger partial charge in [0.25, 0.3) is 0 Å². The first-order chi connectivity index (χ1) is 34.4. The van der Waals surface area contributed by atoms with Gasteiger partial charge in [0.2, 0.25) is 0 Å².